The lowest BCUT2D eigenvalue weighted by Crippen LogP contribution is -2.89. The zero-order valence-corrected chi connectivity index (χ0v) is 10.5. The summed E-state index contributed by atoms with van der Waals surface area (Å²) < 4.78 is 156. The molecule has 1 rings (SSSR count). The summed E-state index contributed by atoms with van der Waals surface area (Å²) in [6.07, 6.45) is -12.8. The van der Waals surface area contributed by atoms with Crippen LogP contribution in [0, 0.1) is 0 Å². The molecule has 0 unspecified atom stereocenters. The largest absolute Gasteiger partial charge is 0.412 e. The van der Waals surface area contributed by atoms with Crippen LogP contribution in [-0.4, -0.2) is 41.2 Å². The van der Waals surface area contributed by atoms with Crippen LogP contribution < -0.4 is 5.32 Å². The molecule has 1 aliphatic heterocycles. The average molecular weight is 357 g/mol. The van der Waals surface area contributed by atoms with E-state index in [4.69, 9.17) is 0 Å². The van der Waals surface area contributed by atoms with E-state index < -0.39 is 55.0 Å². The van der Waals surface area contributed by atoms with E-state index in [1.165, 1.54) is 0 Å². The zero-order chi connectivity index (χ0) is 18.2. The molecule has 0 aromatic rings. The molecule has 0 radical (unpaired) electrons. The van der Waals surface area contributed by atoms with Crippen LogP contribution in [0.5, 0.6) is 0 Å². The molecule has 2 atom stereocenters. The molecule has 1 aliphatic rings. The Morgan fingerprint density at radius 2 is 0.773 bits per heavy atom. The maximum Gasteiger partial charge on any atom is 0.412 e. The summed E-state index contributed by atoms with van der Waals surface area (Å²) in [5, 5.41) is -0.00771. The van der Waals surface area contributed by atoms with Crippen LogP contribution in [0.15, 0.2) is 0 Å². The minimum absolute atomic E-state index is 0.00771. The third kappa shape index (κ3) is 1.80. The van der Waals surface area contributed by atoms with Gasteiger partial charge in [0.1, 0.15) is 0 Å². The molecule has 0 amide bonds. The van der Waals surface area contributed by atoms with Crippen molar-refractivity contribution in [1.29, 1.82) is 0 Å². The number of nitrogens with one attached hydrogen (secondary N) is 1. The molecule has 0 aromatic heterocycles. The van der Waals surface area contributed by atoms with Gasteiger partial charge in [0.05, 0.1) is 0 Å². The Labute approximate surface area is 114 Å². The SMILES string of the molecule is C[C@@]1(C(F)(F)F)N[C@](C)(C(F)(F)F)C(F)(F)C(F)(F)C1(F)F. The summed E-state index contributed by atoms with van der Waals surface area (Å²) in [5.74, 6) is -20.0. The Morgan fingerprint density at radius 1 is 0.545 bits per heavy atom. The zero-order valence-electron chi connectivity index (χ0n) is 10.5. The van der Waals surface area contributed by atoms with E-state index in [0.29, 0.717) is 0 Å². The third-order valence-electron chi connectivity index (χ3n) is 3.68. The highest BCUT2D eigenvalue weighted by molar-refractivity contribution is 5.26. The van der Waals surface area contributed by atoms with E-state index in [0.717, 1.165) is 0 Å². The van der Waals surface area contributed by atoms with Crippen molar-refractivity contribution in [1.82, 2.24) is 5.32 Å². The summed E-state index contributed by atoms with van der Waals surface area (Å²) in [6, 6.07) is 0. The highest BCUT2D eigenvalue weighted by Gasteiger charge is 2.93. The Morgan fingerprint density at radius 3 is 0.955 bits per heavy atom. The number of hydrogen-bond acceptors (Lipinski definition) is 1. The second-order valence-electron chi connectivity index (χ2n) is 5.09. The lowest BCUT2D eigenvalue weighted by Gasteiger charge is -2.56. The molecule has 22 heavy (non-hydrogen) atoms. The lowest BCUT2D eigenvalue weighted by atomic mass is 9.71. The maximum absolute atomic E-state index is 13.4. The average Bonchev–Trinajstić information content (AvgIpc) is 2.23. The fourth-order valence-corrected chi connectivity index (χ4v) is 1.98. The third-order valence-corrected chi connectivity index (χ3v) is 3.68. The molecule has 1 fully saturated rings. The van der Waals surface area contributed by atoms with Crippen molar-refractivity contribution in [2.45, 2.75) is 55.0 Å². The first-order chi connectivity index (χ1) is 9.21. The van der Waals surface area contributed by atoms with Gasteiger partial charge in [0, 0.05) is 0 Å². The quantitative estimate of drug-likeness (QED) is 0.643. The lowest BCUT2D eigenvalue weighted by molar-refractivity contribution is -0.434. The summed E-state index contributed by atoms with van der Waals surface area (Å²) >= 11 is 0. The normalized spacial score (nSPS) is 37.9. The van der Waals surface area contributed by atoms with Gasteiger partial charge in [0.15, 0.2) is 11.1 Å². The van der Waals surface area contributed by atoms with Gasteiger partial charge in [-0.1, -0.05) is 0 Å². The smallest absolute Gasteiger partial charge is 0.280 e. The summed E-state index contributed by atoms with van der Waals surface area (Å²) in [4.78, 5) is 0. The van der Waals surface area contributed by atoms with Crippen molar-refractivity contribution >= 4 is 0 Å². The van der Waals surface area contributed by atoms with Crippen LogP contribution in [0.4, 0.5) is 52.7 Å². The first-order valence-corrected chi connectivity index (χ1v) is 5.27. The highest BCUT2D eigenvalue weighted by Crippen LogP contribution is 2.64. The van der Waals surface area contributed by atoms with Gasteiger partial charge in [-0.25, -0.2) is 0 Å². The predicted molar refractivity (Wildman–Crippen MR) is 46.9 cm³/mol. The number of hydrogen-bond donors (Lipinski definition) is 1. The first kappa shape index (κ1) is 19.2. The molecule has 1 nitrogen and oxygen atoms in total. The molecule has 1 heterocycles. The van der Waals surface area contributed by atoms with Gasteiger partial charge in [-0.3, -0.25) is 5.32 Å². The van der Waals surface area contributed by atoms with Gasteiger partial charge in [-0.05, 0) is 13.8 Å². The van der Waals surface area contributed by atoms with Crippen LogP contribution >= 0.6 is 0 Å². The van der Waals surface area contributed by atoms with Gasteiger partial charge in [-0.2, -0.15) is 52.7 Å². The molecule has 0 bridgehead atoms. The highest BCUT2D eigenvalue weighted by atomic mass is 19.4. The molecular weight excluding hydrogens is 350 g/mol. The van der Waals surface area contributed by atoms with Crippen LogP contribution in [0.3, 0.4) is 0 Å². The van der Waals surface area contributed by atoms with Crippen LogP contribution in [0.1, 0.15) is 13.8 Å². The Balaban J connectivity index is 3.79. The second-order valence-corrected chi connectivity index (χ2v) is 5.09. The van der Waals surface area contributed by atoms with E-state index in [9.17, 15) is 52.7 Å². The van der Waals surface area contributed by atoms with E-state index in [1.807, 2.05) is 0 Å². The fraction of sp³-hybridized carbons (Fsp3) is 1.00. The van der Waals surface area contributed by atoms with Crippen molar-refractivity contribution in [2.75, 3.05) is 0 Å². The number of halogens is 12. The van der Waals surface area contributed by atoms with Crippen molar-refractivity contribution in [3.63, 3.8) is 0 Å². The molecule has 0 aromatic carbocycles. The first-order valence-electron chi connectivity index (χ1n) is 5.27. The fourth-order valence-electron chi connectivity index (χ4n) is 1.98. The molecule has 0 spiro atoms. The molecule has 0 saturated carbocycles. The van der Waals surface area contributed by atoms with E-state index >= 15 is 0 Å². The maximum atomic E-state index is 13.4. The van der Waals surface area contributed by atoms with Crippen LogP contribution in [-0.2, 0) is 0 Å². The van der Waals surface area contributed by atoms with Gasteiger partial charge in [0.25, 0.3) is 0 Å². The minimum atomic E-state index is -6.92. The molecule has 13 heteroatoms. The van der Waals surface area contributed by atoms with Gasteiger partial charge in [-0.15, -0.1) is 0 Å². The van der Waals surface area contributed by atoms with E-state index in [-0.39, 0.29) is 5.32 Å². The number of piperidine rings is 1. The molecular formula is C9H7F12N. The Bertz CT molecular complexity index is 422. The molecule has 1 N–H and O–H groups in total. The summed E-state index contributed by atoms with van der Waals surface area (Å²) in [7, 11) is 0. The van der Waals surface area contributed by atoms with Crippen LogP contribution in [0.2, 0.25) is 0 Å². The summed E-state index contributed by atoms with van der Waals surface area (Å²) in [6.45, 7) is -1.47. The van der Waals surface area contributed by atoms with E-state index in [1.54, 1.807) is 0 Å². The second kappa shape index (κ2) is 4.15. The van der Waals surface area contributed by atoms with E-state index in [2.05, 4.69) is 0 Å². The van der Waals surface area contributed by atoms with Crippen molar-refractivity contribution in [3.05, 3.63) is 0 Å². The van der Waals surface area contributed by atoms with Gasteiger partial charge >= 0.3 is 30.1 Å². The van der Waals surface area contributed by atoms with Crippen LogP contribution in [0.25, 0.3) is 0 Å². The molecule has 0 aliphatic carbocycles. The monoisotopic (exact) mass is 357 g/mol. The Hall–Kier alpha value is -0.880. The molecule has 1 saturated heterocycles. The molecule has 132 valence electrons. The number of alkyl halides is 12. The minimum Gasteiger partial charge on any atom is -0.280 e. The standard InChI is InChI=1S/C9H7F12N/c1-3(8(16,17)18)5(10,11)7(14,15)6(12,13)4(2,22-3)9(19,20)21/h22H,1-2H3/t3-,4+. The number of rotatable bonds is 0. The topological polar surface area (TPSA) is 12.0 Å². The van der Waals surface area contributed by atoms with Gasteiger partial charge in [0.2, 0.25) is 0 Å². The summed E-state index contributed by atoms with van der Waals surface area (Å²) in [5.41, 5.74) is -10.5. The Kier molecular flexibility index (Phi) is 3.61. The predicted octanol–water partition coefficient (Wildman–Crippen LogP) is 4.14. The van der Waals surface area contributed by atoms with Gasteiger partial charge < -0.3 is 0 Å². The van der Waals surface area contributed by atoms with Crippen molar-refractivity contribution in [2.24, 2.45) is 0 Å². The van der Waals surface area contributed by atoms with Crippen molar-refractivity contribution in [3.8, 4) is 0 Å². The van der Waals surface area contributed by atoms with Crippen molar-refractivity contribution < 1.29 is 52.7 Å².